The molecular weight excluding hydrogens is 384 g/mol. The van der Waals surface area contributed by atoms with E-state index in [-0.39, 0.29) is 23.6 Å². The van der Waals surface area contributed by atoms with Crippen molar-refractivity contribution >= 4 is 35.9 Å². The fourth-order valence-electron chi connectivity index (χ4n) is 3.73. The van der Waals surface area contributed by atoms with Crippen molar-refractivity contribution < 1.29 is 24.2 Å². The maximum atomic E-state index is 12.6. The quantitative estimate of drug-likeness (QED) is 0.265. The Labute approximate surface area is 168 Å². The van der Waals surface area contributed by atoms with Gasteiger partial charge >= 0.3 is 11.9 Å². The van der Waals surface area contributed by atoms with Crippen LogP contribution in [-0.4, -0.2) is 82.5 Å². The average Bonchev–Trinajstić information content (AvgIpc) is 2.67. The second-order valence-corrected chi connectivity index (χ2v) is 8.32. The van der Waals surface area contributed by atoms with Crippen molar-refractivity contribution in [2.45, 2.75) is 37.6 Å². The van der Waals surface area contributed by atoms with Crippen LogP contribution in [0.4, 0.5) is 0 Å². The molecule has 2 atom stereocenters. The Bertz CT molecular complexity index is 702. The van der Waals surface area contributed by atoms with E-state index in [1.807, 2.05) is 0 Å². The van der Waals surface area contributed by atoms with E-state index in [0.717, 1.165) is 32.4 Å². The molecule has 0 radical (unpaired) electrons. The van der Waals surface area contributed by atoms with Gasteiger partial charge in [-0.05, 0) is 31.7 Å². The number of carbonyl (C=O) groups excluding carboxylic acids is 2. The van der Waals surface area contributed by atoms with Gasteiger partial charge in [0.2, 0.25) is 0 Å². The molecule has 2 fully saturated rings. The molecule has 0 aromatic carbocycles. The molecule has 0 aromatic heterocycles. The van der Waals surface area contributed by atoms with Gasteiger partial charge in [-0.1, -0.05) is 0 Å². The summed E-state index contributed by atoms with van der Waals surface area (Å²) in [5.41, 5.74) is 5.97. The number of thioether (sulfide) groups is 1. The molecule has 0 aromatic rings. The zero-order valence-electron chi connectivity index (χ0n) is 15.9. The van der Waals surface area contributed by atoms with Crippen molar-refractivity contribution in [3.05, 3.63) is 11.3 Å². The summed E-state index contributed by atoms with van der Waals surface area (Å²) in [6.07, 6.45) is 4.91. The van der Waals surface area contributed by atoms with E-state index < -0.39 is 18.0 Å². The number of rotatable bonds is 7. The minimum Gasteiger partial charge on any atom is -0.477 e. The lowest BCUT2D eigenvalue weighted by molar-refractivity contribution is -0.148. The largest absolute Gasteiger partial charge is 0.477 e. The molecule has 3 aliphatic rings. The summed E-state index contributed by atoms with van der Waals surface area (Å²) in [6, 6.07) is -0.573. The van der Waals surface area contributed by atoms with E-state index in [0.29, 0.717) is 23.8 Å². The number of amides is 1. The van der Waals surface area contributed by atoms with E-state index >= 15 is 0 Å². The van der Waals surface area contributed by atoms with E-state index in [9.17, 15) is 19.5 Å². The van der Waals surface area contributed by atoms with Gasteiger partial charge in [-0.15, -0.1) is 11.8 Å². The molecule has 2 saturated heterocycles. The van der Waals surface area contributed by atoms with Gasteiger partial charge in [-0.3, -0.25) is 19.5 Å². The third kappa shape index (κ3) is 4.33. The highest BCUT2D eigenvalue weighted by molar-refractivity contribution is 8.00. The summed E-state index contributed by atoms with van der Waals surface area (Å²) in [6.45, 7) is 3.64. The number of likely N-dealkylation sites (tertiary alicyclic amines) is 1. The Morgan fingerprint density at radius 3 is 2.71 bits per heavy atom. The van der Waals surface area contributed by atoms with Crippen molar-refractivity contribution in [3.8, 4) is 0 Å². The summed E-state index contributed by atoms with van der Waals surface area (Å²) in [5.74, 6) is -0.963. The van der Waals surface area contributed by atoms with Crippen LogP contribution in [-0.2, 0) is 19.1 Å². The van der Waals surface area contributed by atoms with E-state index in [1.54, 1.807) is 6.34 Å². The van der Waals surface area contributed by atoms with Gasteiger partial charge < -0.3 is 20.5 Å². The standard InChI is InChI=1S/C18H26N4O5S/c1-11(23)27-8-13-9-28-17-14(16(24)22(17)15(13)18(25)26)20-10-21-6-3-12(2-5-19)4-7-21/h10,12,14,17H,2-9,19H2,1H3,(H,25,26)/t14-,17-/m1/s1. The number of carbonyl (C=O) groups is 3. The number of nitrogens with two attached hydrogens (primary N) is 1. The van der Waals surface area contributed by atoms with Gasteiger partial charge in [0.25, 0.3) is 5.91 Å². The Morgan fingerprint density at radius 2 is 2.11 bits per heavy atom. The normalized spacial score (nSPS) is 25.7. The third-order valence-electron chi connectivity index (χ3n) is 5.29. The summed E-state index contributed by atoms with van der Waals surface area (Å²) in [7, 11) is 0. The fourth-order valence-corrected chi connectivity index (χ4v) is 5.05. The molecule has 3 aliphatic heterocycles. The van der Waals surface area contributed by atoms with Crippen molar-refractivity contribution in [2.24, 2.45) is 16.6 Å². The number of piperidine rings is 1. The smallest absolute Gasteiger partial charge is 0.352 e. The predicted molar refractivity (Wildman–Crippen MR) is 105 cm³/mol. The molecule has 0 unspecified atom stereocenters. The number of aliphatic imine (C=N–C) groups is 1. The molecule has 0 aliphatic carbocycles. The van der Waals surface area contributed by atoms with Crippen LogP contribution in [0.15, 0.2) is 16.3 Å². The molecular formula is C18H26N4O5S. The topological polar surface area (TPSA) is 126 Å². The van der Waals surface area contributed by atoms with Gasteiger partial charge in [0, 0.05) is 31.3 Å². The molecule has 28 heavy (non-hydrogen) atoms. The lowest BCUT2D eigenvalue weighted by atomic mass is 9.94. The minimum atomic E-state index is -1.19. The van der Waals surface area contributed by atoms with Crippen molar-refractivity contribution in [1.29, 1.82) is 0 Å². The number of β-lactam (4-membered cyclic amide) rings is 1. The van der Waals surface area contributed by atoms with Crippen molar-refractivity contribution in [3.63, 3.8) is 0 Å². The van der Waals surface area contributed by atoms with Crippen LogP contribution >= 0.6 is 11.8 Å². The van der Waals surface area contributed by atoms with E-state index in [1.165, 1.54) is 23.6 Å². The van der Waals surface area contributed by atoms with Crippen LogP contribution in [0.1, 0.15) is 26.2 Å². The van der Waals surface area contributed by atoms with Crippen LogP contribution in [0, 0.1) is 5.92 Å². The van der Waals surface area contributed by atoms with Gasteiger partial charge in [-0.25, -0.2) is 4.79 Å². The molecule has 0 spiro atoms. The Balaban J connectivity index is 1.62. The molecule has 10 heteroatoms. The van der Waals surface area contributed by atoms with Crippen LogP contribution < -0.4 is 5.73 Å². The second-order valence-electron chi connectivity index (χ2n) is 7.21. The first-order valence-corrected chi connectivity index (χ1v) is 10.5. The number of hydrogen-bond donors (Lipinski definition) is 2. The summed E-state index contributed by atoms with van der Waals surface area (Å²) in [5, 5.41) is 9.22. The highest BCUT2D eigenvalue weighted by atomic mass is 32.2. The van der Waals surface area contributed by atoms with Crippen molar-refractivity contribution in [2.75, 3.05) is 32.0 Å². The number of aliphatic carboxylic acids is 1. The van der Waals surface area contributed by atoms with Gasteiger partial charge in [-0.2, -0.15) is 0 Å². The van der Waals surface area contributed by atoms with Gasteiger partial charge in [0.1, 0.15) is 17.7 Å². The lowest BCUT2D eigenvalue weighted by Crippen LogP contribution is -2.64. The molecule has 1 amide bonds. The first kappa shape index (κ1) is 20.7. The Kier molecular flexibility index (Phi) is 6.61. The average molecular weight is 410 g/mol. The number of ether oxygens (including phenoxy) is 1. The van der Waals surface area contributed by atoms with Gasteiger partial charge in [0.15, 0.2) is 6.04 Å². The number of carboxylic acid groups (broad SMARTS) is 1. The molecule has 3 N–H and O–H groups in total. The molecule has 0 saturated carbocycles. The van der Waals surface area contributed by atoms with Crippen molar-refractivity contribution in [1.82, 2.24) is 9.80 Å². The summed E-state index contributed by atoms with van der Waals surface area (Å²) >= 11 is 1.45. The number of carboxylic acids is 1. The predicted octanol–water partition coefficient (Wildman–Crippen LogP) is 0.261. The van der Waals surface area contributed by atoms with Gasteiger partial charge in [0.05, 0.1) is 6.34 Å². The van der Waals surface area contributed by atoms with Crippen LogP contribution in [0.25, 0.3) is 0 Å². The lowest BCUT2D eigenvalue weighted by Gasteiger charge is -2.47. The third-order valence-corrected chi connectivity index (χ3v) is 6.61. The highest BCUT2D eigenvalue weighted by Crippen LogP contribution is 2.41. The fraction of sp³-hybridized carbons (Fsp3) is 0.667. The first-order chi connectivity index (χ1) is 13.4. The van der Waals surface area contributed by atoms with E-state index in [4.69, 9.17) is 10.5 Å². The number of nitrogens with zero attached hydrogens (tertiary/aromatic N) is 3. The highest BCUT2D eigenvalue weighted by Gasteiger charge is 2.53. The molecule has 0 bridgehead atoms. The van der Waals surface area contributed by atoms with Crippen LogP contribution in [0.2, 0.25) is 0 Å². The second kappa shape index (κ2) is 8.95. The summed E-state index contributed by atoms with van der Waals surface area (Å²) < 4.78 is 4.93. The zero-order chi connectivity index (χ0) is 20.3. The van der Waals surface area contributed by atoms with Crippen LogP contribution in [0.5, 0.6) is 0 Å². The first-order valence-electron chi connectivity index (χ1n) is 9.43. The Hall–Kier alpha value is -2.07. The maximum absolute atomic E-state index is 12.6. The minimum absolute atomic E-state index is 0.0796. The number of fused-ring (bicyclic) bond motifs is 1. The molecule has 154 valence electrons. The van der Waals surface area contributed by atoms with E-state index in [2.05, 4.69) is 9.89 Å². The summed E-state index contributed by atoms with van der Waals surface area (Å²) in [4.78, 5) is 43.1. The zero-order valence-corrected chi connectivity index (χ0v) is 16.7. The number of esters is 1. The molecule has 9 nitrogen and oxygen atoms in total. The monoisotopic (exact) mass is 410 g/mol. The SMILES string of the molecule is CC(=O)OCC1=C(C(=O)O)N2C(=O)[C@@H](N=CN3CCC(CCN)CC3)[C@H]2SC1. The molecule has 3 heterocycles. The molecule has 3 rings (SSSR count). The number of hydrogen-bond acceptors (Lipinski definition) is 7. The Morgan fingerprint density at radius 1 is 1.39 bits per heavy atom. The maximum Gasteiger partial charge on any atom is 0.352 e. The van der Waals surface area contributed by atoms with Crippen LogP contribution in [0.3, 0.4) is 0 Å².